The van der Waals surface area contributed by atoms with Crippen LogP contribution in [0.1, 0.15) is 23.6 Å². The molecular formula is C21H23BrN2O3. The van der Waals surface area contributed by atoms with Gasteiger partial charge in [0, 0.05) is 35.6 Å². The van der Waals surface area contributed by atoms with Gasteiger partial charge in [0.2, 0.25) is 0 Å². The van der Waals surface area contributed by atoms with Gasteiger partial charge in [-0.25, -0.2) is 0 Å². The van der Waals surface area contributed by atoms with Crippen molar-refractivity contribution in [3.63, 3.8) is 0 Å². The van der Waals surface area contributed by atoms with E-state index in [1.165, 1.54) is 11.1 Å². The summed E-state index contributed by atoms with van der Waals surface area (Å²) >= 11 is 3.52. The maximum Gasteiger partial charge on any atom is 0.161 e. The second kappa shape index (κ2) is 9.58. The lowest BCUT2D eigenvalue weighted by atomic mass is 9.99. The van der Waals surface area contributed by atoms with Crippen LogP contribution in [0.5, 0.6) is 11.5 Å². The smallest absolute Gasteiger partial charge is 0.161 e. The highest BCUT2D eigenvalue weighted by molar-refractivity contribution is 9.10. The third kappa shape index (κ3) is 5.34. The van der Waals surface area contributed by atoms with Crippen LogP contribution in [0.2, 0.25) is 0 Å². The van der Waals surface area contributed by atoms with Crippen molar-refractivity contribution >= 4 is 27.7 Å². The lowest BCUT2D eigenvalue weighted by Crippen LogP contribution is -2.09. The van der Waals surface area contributed by atoms with Crippen molar-refractivity contribution in [2.75, 3.05) is 19.8 Å². The first-order valence-corrected chi connectivity index (χ1v) is 9.71. The van der Waals surface area contributed by atoms with E-state index in [1.54, 1.807) is 12.1 Å². The molecule has 0 bridgehead atoms. The normalized spacial score (nSPS) is 14.2. The van der Waals surface area contributed by atoms with Gasteiger partial charge in [0.1, 0.15) is 6.61 Å². The molecule has 0 radical (unpaired) electrons. The van der Waals surface area contributed by atoms with E-state index in [1.807, 2.05) is 31.5 Å². The van der Waals surface area contributed by atoms with Gasteiger partial charge in [0.15, 0.2) is 11.5 Å². The highest BCUT2D eigenvalue weighted by atomic mass is 79.9. The fourth-order valence-corrected chi connectivity index (χ4v) is 3.17. The van der Waals surface area contributed by atoms with Crippen LogP contribution in [-0.2, 0) is 17.8 Å². The summed E-state index contributed by atoms with van der Waals surface area (Å²) in [6, 6.07) is 11.6. The molecule has 2 aromatic rings. The van der Waals surface area contributed by atoms with E-state index < -0.39 is 0 Å². The molecule has 142 valence electrons. The zero-order chi connectivity index (χ0) is 19.1. The lowest BCUT2D eigenvalue weighted by Gasteiger charge is -2.14. The van der Waals surface area contributed by atoms with Crippen LogP contribution >= 0.6 is 15.9 Å². The maximum absolute atomic E-state index is 10.1. The summed E-state index contributed by atoms with van der Waals surface area (Å²) < 4.78 is 11.8. The Morgan fingerprint density at radius 1 is 1.22 bits per heavy atom. The molecule has 27 heavy (non-hydrogen) atoms. The summed E-state index contributed by atoms with van der Waals surface area (Å²) in [7, 11) is 0. The third-order valence-electron chi connectivity index (χ3n) is 4.15. The minimum atomic E-state index is 0.131. The van der Waals surface area contributed by atoms with Crippen LogP contribution in [0.4, 0.5) is 0 Å². The first-order valence-electron chi connectivity index (χ1n) is 8.92. The highest BCUT2D eigenvalue weighted by Gasteiger charge is 2.11. The van der Waals surface area contributed by atoms with Crippen molar-refractivity contribution in [2.24, 2.45) is 4.99 Å². The molecule has 0 unspecified atom stereocenters. The minimum Gasteiger partial charge on any atom is -0.504 e. The Labute approximate surface area is 167 Å². The van der Waals surface area contributed by atoms with Gasteiger partial charge < -0.3 is 19.9 Å². The van der Waals surface area contributed by atoms with E-state index in [9.17, 15) is 5.11 Å². The number of nitrogens with one attached hydrogen (secondary N) is 1. The van der Waals surface area contributed by atoms with E-state index in [0.29, 0.717) is 38.7 Å². The molecule has 0 spiro atoms. The van der Waals surface area contributed by atoms with Gasteiger partial charge >= 0.3 is 0 Å². The Bertz CT molecular complexity index is 849. The average Bonchev–Trinajstić information content (AvgIpc) is 2.67. The SMILES string of the molecule is CCOCCOc1ccc(CN/C=C2\C=NCc3ccc(Br)cc32)cc1O. The zero-order valence-corrected chi connectivity index (χ0v) is 16.8. The van der Waals surface area contributed by atoms with Gasteiger partial charge in [-0.3, -0.25) is 4.99 Å². The number of hydrogen-bond donors (Lipinski definition) is 2. The molecule has 5 nitrogen and oxygen atoms in total. The quantitative estimate of drug-likeness (QED) is 0.613. The van der Waals surface area contributed by atoms with Crippen LogP contribution in [0.15, 0.2) is 52.1 Å². The van der Waals surface area contributed by atoms with Crippen molar-refractivity contribution in [3.8, 4) is 11.5 Å². The monoisotopic (exact) mass is 430 g/mol. The lowest BCUT2D eigenvalue weighted by molar-refractivity contribution is 0.109. The van der Waals surface area contributed by atoms with Crippen LogP contribution in [-0.4, -0.2) is 31.1 Å². The maximum atomic E-state index is 10.1. The van der Waals surface area contributed by atoms with Crippen molar-refractivity contribution in [1.82, 2.24) is 5.32 Å². The molecule has 1 heterocycles. The van der Waals surface area contributed by atoms with Crippen molar-refractivity contribution < 1.29 is 14.6 Å². The summed E-state index contributed by atoms with van der Waals surface area (Å²) in [4.78, 5) is 4.41. The molecule has 3 rings (SSSR count). The Morgan fingerprint density at radius 2 is 2.11 bits per heavy atom. The molecule has 0 amide bonds. The Morgan fingerprint density at radius 3 is 2.93 bits per heavy atom. The number of allylic oxidation sites excluding steroid dienone is 1. The summed E-state index contributed by atoms with van der Waals surface area (Å²) in [5.74, 6) is 0.599. The predicted octanol–water partition coefficient (Wildman–Crippen LogP) is 4.29. The van der Waals surface area contributed by atoms with Crippen LogP contribution in [0, 0.1) is 0 Å². The van der Waals surface area contributed by atoms with Gasteiger partial charge in [-0.2, -0.15) is 0 Å². The molecule has 6 heteroatoms. The van der Waals surface area contributed by atoms with Gasteiger partial charge in [-0.1, -0.05) is 28.1 Å². The standard InChI is InChI=1S/C21H23BrN2O3/c1-2-26-7-8-27-21-6-3-15(9-20(21)25)11-23-13-17-14-24-12-16-4-5-18(22)10-19(16)17/h3-6,9-10,13-14,23,25H,2,7-8,11-12H2,1H3/b17-13+. The minimum absolute atomic E-state index is 0.131. The predicted molar refractivity (Wildman–Crippen MR) is 111 cm³/mol. The molecule has 0 aromatic heterocycles. The molecule has 2 aromatic carbocycles. The van der Waals surface area contributed by atoms with E-state index in [0.717, 1.165) is 15.6 Å². The molecule has 0 aliphatic carbocycles. The van der Waals surface area contributed by atoms with Gasteiger partial charge in [-0.15, -0.1) is 0 Å². The fraction of sp³-hybridized carbons (Fsp3) is 0.286. The van der Waals surface area contributed by atoms with Gasteiger partial charge in [0.25, 0.3) is 0 Å². The number of phenols is 1. The number of ether oxygens (including phenoxy) is 2. The number of fused-ring (bicyclic) bond motifs is 1. The number of hydrogen-bond acceptors (Lipinski definition) is 5. The van der Waals surface area contributed by atoms with Crippen LogP contribution < -0.4 is 10.1 Å². The molecule has 0 saturated heterocycles. The summed E-state index contributed by atoms with van der Waals surface area (Å²) in [6.45, 7) is 4.81. The Balaban J connectivity index is 1.60. The molecular weight excluding hydrogens is 408 g/mol. The number of phenolic OH excluding ortho intramolecular Hbond substituents is 1. The number of benzene rings is 2. The second-order valence-electron chi connectivity index (χ2n) is 6.10. The Hall–Kier alpha value is -2.31. The molecule has 0 fully saturated rings. The molecule has 2 N–H and O–H groups in total. The van der Waals surface area contributed by atoms with Crippen molar-refractivity contribution in [1.29, 1.82) is 0 Å². The summed E-state index contributed by atoms with van der Waals surface area (Å²) in [5.41, 5.74) is 4.38. The number of nitrogens with zero attached hydrogens (tertiary/aromatic N) is 1. The zero-order valence-electron chi connectivity index (χ0n) is 15.2. The summed E-state index contributed by atoms with van der Waals surface area (Å²) in [5, 5.41) is 13.4. The van der Waals surface area contributed by atoms with E-state index in [2.05, 4.69) is 38.4 Å². The van der Waals surface area contributed by atoms with E-state index >= 15 is 0 Å². The first-order chi connectivity index (χ1) is 13.2. The van der Waals surface area contributed by atoms with Crippen molar-refractivity contribution in [2.45, 2.75) is 20.0 Å². The Kier molecular flexibility index (Phi) is 6.90. The molecule has 1 aliphatic heterocycles. The topological polar surface area (TPSA) is 63.1 Å². The number of aliphatic imine (C=N–C) groups is 1. The molecule has 1 aliphatic rings. The van der Waals surface area contributed by atoms with Crippen LogP contribution in [0.3, 0.4) is 0 Å². The van der Waals surface area contributed by atoms with Gasteiger partial charge in [0.05, 0.1) is 13.2 Å². The average molecular weight is 431 g/mol. The van der Waals surface area contributed by atoms with Gasteiger partial charge in [-0.05, 0) is 47.9 Å². The summed E-state index contributed by atoms with van der Waals surface area (Å²) in [6.07, 6.45) is 3.84. The highest BCUT2D eigenvalue weighted by Crippen LogP contribution is 2.28. The fourth-order valence-electron chi connectivity index (χ4n) is 2.81. The van der Waals surface area contributed by atoms with E-state index in [4.69, 9.17) is 9.47 Å². The molecule has 0 saturated carbocycles. The number of halogens is 1. The number of aromatic hydroxyl groups is 1. The second-order valence-corrected chi connectivity index (χ2v) is 7.01. The van der Waals surface area contributed by atoms with Crippen molar-refractivity contribution in [3.05, 3.63) is 63.8 Å². The first kappa shape index (κ1) is 19.5. The largest absolute Gasteiger partial charge is 0.504 e. The number of rotatable bonds is 8. The van der Waals surface area contributed by atoms with Crippen LogP contribution in [0.25, 0.3) is 5.57 Å². The van der Waals surface area contributed by atoms with E-state index in [-0.39, 0.29) is 5.75 Å². The third-order valence-corrected chi connectivity index (χ3v) is 4.64. The molecule has 0 atom stereocenters.